The summed E-state index contributed by atoms with van der Waals surface area (Å²) in [6.45, 7) is 1.73. The number of fused-ring (bicyclic) bond motifs is 1. The Bertz CT molecular complexity index is 796. The van der Waals surface area contributed by atoms with E-state index in [-0.39, 0.29) is 18.4 Å². The molecule has 1 aliphatic carbocycles. The largest absolute Gasteiger partial charge is 0.490 e. The van der Waals surface area contributed by atoms with Crippen molar-refractivity contribution in [1.82, 2.24) is 0 Å². The van der Waals surface area contributed by atoms with Crippen LogP contribution in [0.3, 0.4) is 0 Å². The van der Waals surface area contributed by atoms with Crippen molar-refractivity contribution in [1.29, 1.82) is 0 Å². The van der Waals surface area contributed by atoms with Crippen LogP contribution in [0.15, 0.2) is 48.5 Å². The van der Waals surface area contributed by atoms with Crippen LogP contribution in [0.25, 0.3) is 0 Å². The topological polar surface area (TPSA) is 46.5 Å². The monoisotopic (exact) mass is 334 g/mol. The highest BCUT2D eigenvalue weighted by molar-refractivity contribution is 5.69. The summed E-state index contributed by atoms with van der Waals surface area (Å²) in [6.07, 6.45) is 3.19. The second-order valence-electron chi connectivity index (χ2n) is 6.37. The molecule has 1 unspecified atom stereocenters. The van der Waals surface area contributed by atoms with Gasteiger partial charge in [-0.1, -0.05) is 42.3 Å². The molecular weight excluding hydrogens is 312 g/mol. The molecule has 3 rings (SSSR count). The number of carboxylic acids is 1. The van der Waals surface area contributed by atoms with Crippen molar-refractivity contribution in [2.45, 2.75) is 44.6 Å². The van der Waals surface area contributed by atoms with Gasteiger partial charge in [0.05, 0.1) is 12.3 Å². The summed E-state index contributed by atoms with van der Waals surface area (Å²) in [4.78, 5) is 11.0. The van der Waals surface area contributed by atoms with E-state index in [9.17, 15) is 4.79 Å². The molecule has 0 spiro atoms. The summed E-state index contributed by atoms with van der Waals surface area (Å²) >= 11 is 0. The number of hydrogen-bond donors (Lipinski definition) is 1. The minimum absolute atomic E-state index is 0.0143. The molecule has 0 saturated carbocycles. The second kappa shape index (κ2) is 7.90. The van der Waals surface area contributed by atoms with Crippen molar-refractivity contribution in [3.8, 4) is 17.6 Å². The molecular formula is C22H22O3. The maximum absolute atomic E-state index is 11.0. The molecule has 0 fully saturated rings. The van der Waals surface area contributed by atoms with Gasteiger partial charge in [0.2, 0.25) is 0 Å². The van der Waals surface area contributed by atoms with Gasteiger partial charge in [-0.15, -0.1) is 5.92 Å². The van der Waals surface area contributed by atoms with E-state index >= 15 is 0 Å². The fourth-order valence-corrected chi connectivity index (χ4v) is 3.34. The van der Waals surface area contributed by atoms with Crippen LogP contribution in [0.1, 0.15) is 42.4 Å². The maximum Gasteiger partial charge on any atom is 0.304 e. The Morgan fingerprint density at radius 1 is 1.20 bits per heavy atom. The van der Waals surface area contributed by atoms with Crippen LogP contribution in [0.2, 0.25) is 0 Å². The smallest absolute Gasteiger partial charge is 0.304 e. The SMILES string of the molecule is CC#C[C@@H](CC(=O)O)c1ccc(OC2CCc3ccccc3C2)cc1. The number of ether oxygens (including phenoxy) is 1. The Kier molecular flexibility index (Phi) is 5.40. The van der Waals surface area contributed by atoms with Gasteiger partial charge in [0.25, 0.3) is 0 Å². The standard InChI is InChI=1S/C22H22O3/c1-2-5-18(15-22(23)24)17-8-11-20(12-9-17)25-21-13-10-16-6-3-4-7-19(16)14-21/h3-4,6-9,11-12,18,21H,10,13-15H2,1H3,(H,23,24)/t18-,21?/m0/s1. The van der Waals surface area contributed by atoms with Gasteiger partial charge in [0.1, 0.15) is 11.9 Å². The van der Waals surface area contributed by atoms with E-state index in [1.165, 1.54) is 11.1 Å². The van der Waals surface area contributed by atoms with Crippen LogP contribution in [0.4, 0.5) is 0 Å². The van der Waals surface area contributed by atoms with Gasteiger partial charge in [0, 0.05) is 6.42 Å². The van der Waals surface area contributed by atoms with Gasteiger partial charge >= 0.3 is 5.97 Å². The predicted molar refractivity (Wildman–Crippen MR) is 97.8 cm³/mol. The van der Waals surface area contributed by atoms with E-state index in [0.717, 1.165) is 30.6 Å². The Morgan fingerprint density at radius 2 is 1.92 bits per heavy atom. The van der Waals surface area contributed by atoms with Gasteiger partial charge < -0.3 is 9.84 Å². The van der Waals surface area contributed by atoms with Crippen molar-refractivity contribution < 1.29 is 14.6 Å². The molecule has 25 heavy (non-hydrogen) atoms. The lowest BCUT2D eigenvalue weighted by molar-refractivity contribution is -0.137. The molecule has 0 aliphatic heterocycles. The van der Waals surface area contributed by atoms with Gasteiger partial charge in [-0.05, 0) is 48.6 Å². The van der Waals surface area contributed by atoms with Crippen LogP contribution in [-0.4, -0.2) is 17.2 Å². The van der Waals surface area contributed by atoms with Crippen LogP contribution >= 0.6 is 0 Å². The Hall–Kier alpha value is -2.73. The van der Waals surface area contributed by atoms with Crippen molar-refractivity contribution in [3.05, 3.63) is 65.2 Å². The molecule has 0 amide bonds. The average Bonchev–Trinajstić information content (AvgIpc) is 2.62. The van der Waals surface area contributed by atoms with E-state index in [0.29, 0.717) is 0 Å². The van der Waals surface area contributed by atoms with Crippen LogP contribution < -0.4 is 4.74 Å². The van der Waals surface area contributed by atoms with Crippen molar-refractivity contribution in [2.24, 2.45) is 0 Å². The zero-order valence-corrected chi connectivity index (χ0v) is 14.4. The highest BCUT2D eigenvalue weighted by Crippen LogP contribution is 2.27. The third-order valence-electron chi connectivity index (χ3n) is 4.58. The van der Waals surface area contributed by atoms with Crippen molar-refractivity contribution in [3.63, 3.8) is 0 Å². The number of rotatable bonds is 5. The molecule has 0 saturated heterocycles. The summed E-state index contributed by atoms with van der Waals surface area (Å²) in [6, 6.07) is 16.2. The van der Waals surface area contributed by atoms with Gasteiger partial charge in [0.15, 0.2) is 0 Å². The van der Waals surface area contributed by atoms with Gasteiger partial charge in [-0.2, -0.15) is 0 Å². The number of hydrogen-bond acceptors (Lipinski definition) is 2. The molecule has 2 aromatic rings. The molecule has 0 aromatic heterocycles. The molecule has 1 aliphatic rings. The Balaban J connectivity index is 1.66. The first-order chi connectivity index (χ1) is 12.2. The zero-order chi connectivity index (χ0) is 17.6. The summed E-state index contributed by atoms with van der Waals surface area (Å²) in [5, 5.41) is 9.03. The molecule has 0 heterocycles. The first-order valence-corrected chi connectivity index (χ1v) is 8.63. The number of carboxylic acid groups (broad SMARTS) is 1. The van der Waals surface area contributed by atoms with Crippen LogP contribution in [-0.2, 0) is 17.6 Å². The van der Waals surface area contributed by atoms with E-state index in [1.54, 1.807) is 6.92 Å². The van der Waals surface area contributed by atoms with E-state index in [1.807, 2.05) is 24.3 Å². The van der Waals surface area contributed by atoms with E-state index in [2.05, 4.69) is 36.1 Å². The molecule has 2 atom stereocenters. The van der Waals surface area contributed by atoms with Crippen molar-refractivity contribution in [2.75, 3.05) is 0 Å². The fourth-order valence-electron chi connectivity index (χ4n) is 3.34. The molecule has 1 N–H and O–H groups in total. The molecule has 128 valence electrons. The molecule has 3 heteroatoms. The summed E-state index contributed by atoms with van der Waals surface area (Å²) < 4.78 is 6.14. The number of benzene rings is 2. The number of aryl methyl sites for hydroxylation is 1. The molecule has 3 nitrogen and oxygen atoms in total. The Labute approximate surface area is 148 Å². The summed E-state index contributed by atoms with van der Waals surface area (Å²) in [7, 11) is 0. The third-order valence-corrected chi connectivity index (χ3v) is 4.58. The molecule has 0 radical (unpaired) electrons. The summed E-state index contributed by atoms with van der Waals surface area (Å²) in [5.74, 6) is 5.49. The quantitative estimate of drug-likeness (QED) is 0.834. The first kappa shape index (κ1) is 17.1. The number of carbonyl (C=O) groups is 1. The second-order valence-corrected chi connectivity index (χ2v) is 6.37. The lowest BCUT2D eigenvalue weighted by Gasteiger charge is -2.25. The normalized spacial score (nSPS) is 16.9. The molecule has 2 aromatic carbocycles. The average molecular weight is 334 g/mol. The lowest BCUT2D eigenvalue weighted by atomic mass is 9.90. The predicted octanol–water partition coefficient (Wildman–Crippen LogP) is 4.20. The van der Waals surface area contributed by atoms with Crippen LogP contribution in [0, 0.1) is 11.8 Å². The highest BCUT2D eigenvalue weighted by atomic mass is 16.5. The maximum atomic E-state index is 11.0. The Morgan fingerprint density at radius 3 is 2.60 bits per heavy atom. The minimum atomic E-state index is -0.839. The zero-order valence-electron chi connectivity index (χ0n) is 14.4. The molecule has 0 bridgehead atoms. The van der Waals surface area contributed by atoms with E-state index in [4.69, 9.17) is 9.84 Å². The van der Waals surface area contributed by atoms with Crippen molar-refractivity contribution >= 4 is 5.97 Å². The highest BCUT2D eigenvalue weighted by Gasteiger charge is 2.20. The lowest BCUT2D eigenvalue weighted by Crippen LogP contribution is -2.25. The minimum Gasteiger partial charge on any atom is -0.490 e. The van der Waals surface area contributed by atoms with E-state index < -0.39 is 5.97 Å². The third kappa shape index (κ3) is 4.42. The van der Waals surface area contributed by atoms with Gasteiger partial charge in [-0.3, -0.25) is 4.79 Å². The fraction of sp³-hybridized carbons (Fsp3) is 0.318. The van der Waals surface area contributed by atoms with Gasteiger partial charge in [-0.25, -0.2) is 0 Å². The number of aliphatic carboxylic acids is 1. The van der Waals surface area contributed by atoms with Crippen LogP contribution in [0.5, 0.6) is 5.75 Å². The summed E-state index contributed by atoms with van der Waals surface area (Å²) in [5.41, 5.74) is 3.71. The first-order valence-electron chi connectivity index (χ1n) is 8.63.